The van der Waals surface area contributed by atoms with E-state index in [-0.39, 0.29) is 5.54 Å². The minimum Gasteiger partial charge on any atom is -0.350 e. The smallest absolute Gasteiger partial charge is 0.0992 e. The molecule has 0 aliphatic rings. The van der Waals surface area contributed by atoms with Gasteiger partial charge in [-0.2, -0.15) is 5.26 Å². The molecular weight excluding hydrogens is 282 g/mol. The van der Waals surface area contributed by atoms with E-state index in [9.17, 15) is 0 Å². The van der Waals surface area contributed by atoms with Crippen LogP contribution in [0.25, 0.3) is 0 Å². The number of hydrogen-bond acceptors (Lipinski definition) is 2. The number of aromatic nitrogens is 1. The highest BCUT2D eigenvalue weighted by Crippen LogP contribution is 2.19. The maximum atomic E-state index is 8.85. The molecule has 0 spiro atoms. The molecule has 0 aliphatic heterocycles. The van der Waals surface area contributed by atoms with Crippen molar-refractivity contribution in [3.05, 3.63) is 58.4 Å². The molecule has 0 saturated heterocycles. The van der Waals surface area contributed by atoms with E-state index in [0.717, 1.165) is 12.1 Å². The number of nitriles is 1. The monoisotopic (exact) mass is 301 g/mol. The van der Waals surface area contributed by atoms with Crippen molar-refractivity contribution in [3.63, 3.8) is 0 Å². The molecular formula is C17H20ClN3. The highest BCUT2D eigenvalue weighted by Gasteiger charge is 2.09. The van der Waals surface area contributed by atoms with Crippen molar-refractivity contribution in [2.75, 3.05) is 0 Å². The second kappa shape index (κ2) is 6.34. The van der Waals surface area contributed by atoms with E-state index >= 15 is 0 Å². The van der Waals surface area contributed by atoms with E-state index in [1.165, 1.54) is 5.56 Å². The molecule has 0 atom stereocenters. The van der Waals surface area contributed by atoms with Crippen LogP contribution in [0, 0.1) is 11.3 Å². The number of rotatable bonds is 4. The third-order valence-corrected chi connectivity index (χ3v) is 3.52. The van der Waals surface area contributed by atoms with Gasteiger partial charge in [0, 0.05) is 36.0 Å². The van der Waals surface area contributed by atoms with Crippen LogP contribution >= 0.6 is 11.6 Å². The molecule has 0 radical (unpaired) electrons. The highest BCUT2D eigenvalue weighted by molar-refractivity contribution is 6.31. The molecule has 2 aromatic rings. The Labute approximate surface area is 131 Å². The molecule has 1 aromatic heterocycles. The first-order chi connectivity index (χ1) is 9.87. The van der Waals surface area contributed by atoms with Gasteiger partial charge in [-0.05, 0) is 50.1 Å². The van der Waals surface area contributed by atoms with Gasteiger partial charge in [0.2, 0.25) is 0 Å². The van der Waals surface area contributed by atoms with Gasteiger partial charge in [-0.25, -0.2) is 0 Å². The van der Waals surface area contributed by atoms with Crippen LogP contribution in [0.1, 0.15) is 37.5 Å². The van der Waals surface area contributed by atoms with Gasteiger partial charge in [0.1, 0.15) is 0 Å². The molecule has 0 aliphatic carbocycles. The van der Waals surface area contributed by atoms with Gasteiger partial charge >= 0.3 is 0 Å². The Balaban J connectivity index is 2.04. The van der Waals surface area contributed by atoms with E-state index < -0.39 is 0 Å². The molecule has 0 fully saturated rings. The lowest BCUT2D eigenvalue weighted by Gasteiger charge is -2.19. The average Bonchev–Trinajstić information content (AvgIpc) is 2.86. The SMILES string of the molecule is CC(C)(C)NCc1ccn(Cc2ccc(C#N)cc2Cl)c1. The second-order valence-electron chi connectivity index (χ2n) is 6.21. The maximum absolute atomic E-state index is 8.85. The fourth-order valence-corrected chi connectivity index (χ4v) is 2.24. The average molecular weight is 302 g/mol. The third-order valence-electron chi connectivity index (χ3n) is 3.17. The normalized spacial score (nSPS) is 11.4. The first kappa shape index (κ1) is 15.6. The minimum absolute atomic E-state index is 0.110. The summed E-state index contributed by atoms with van der Waals surface area (Å²) in [6.07, 6.45) is 4.17. The van der Waals surface area contributed by atoms with Gasteiger partial charge in [0.15, 0.2) is 0 Å². The van der Waals surface area contributed by atoms with Crippen molar-refractivity contribution in [2.45, 2.75) is 39.4 Å². The number of nitrogens with one attached hydrogen (secondary N) is 1. The topological polar surface area (TPSA) is 40.8 Å². The fourth-order valence-electron chi connectivity index (χ4n) is 2.00. The van der Waals surface area contributed by atoms with Crippen LogP contribution in [0.2, 0.25) is 5.02 Å². The molecule has 21 heavy (non-hydrogen) atoms. The maximum Gasteiger partial charge on any atom is 0.0992 e. The van der Waals surface area contributed by atoms with Crippen LogP contribution in [0.15, 0.2) is 36.7 Å². The predicted molar refractivity (Wildman–Crippen MR) is 86.3 cm³/mol. The molecule has 1 N–H and O–H groups in total. The van der Waals surface area contributed by atoms with Crippen molar-refractivity contribution in [1.82, 2.24) is 9.88 Å². The molecule has 3 nitrogen and oxygen atoms in total. The predicted octanol–water partition coefficient (Wildman–Crippen LogP) is 3.95. The third kappa shape index (κ3) is 4.63. The summed E-state index contributed by atoms with van der Waals surface area (Å²) in [6.45, 7) is 8.01. The van der Waals surface area contributed by atoms with Crippen LogP contribution in [0.5, 0.6) is 0 Å². The standard InChI is InChI=1S/C17H20ClN3/c1-17(2,3)20-10-14-6-7-21(11-14)12-15-5-4-13(9-19)8-16(15)18/h4-8,11,20H,10,12H2,1-3H3. The molecule has 110 valence electrons. The quantitative estimate of drug-likeness (QED) is 0.929. The lowest BCUT2D eigenvalue weighted by Crippen LogP contribution is -2.34. The summed E-state index contributed by atoms with van der Waals surface area (Å²) < 4.78 is 2.10. The second-order valence-corrected chi connectivity index (χ2v) is 6.62. The van der Waals surface area contributed by atoms with Gasteiger partial charge in [0.05, 0.1) is 11.6 Å². The Bertz CT molecular complexity index is 659. The van der Waals surface area contributed by atoms with Crippen LogP contribution in [0.4, 0.5) is 0 Å². The van der Waals surface area contributed by atoms with E-state index in [4.69, 9.17) is 16.9 Å². The minimum atomic E-state index is 0.110. The van der Waals surface area contributed by atoms with Crippen LogP contribution in [0.3, 0.4) is 0 Å². The summed E-state index contributed by atoms with van der Waals surface area (Å²) in [5.41, 5.74) is 2.96. The Morgan fingerprint density at radius 1 is 1.29 bits per heavy atom. The molecule has 1 aromatic carbocycles. The van der Waals surface area contributed by atoms with Gasteiger partial charge in [-0.3, -0.25) is 0 Å². The molecule has 0 saturated carbocycles. The van der Waals surface area contributed by atoms with Crippen molar-refractivity contribution < 1.29 is 0 Å². The summed E-state index contributed by atoms with van der Waals surface area (Å²) >= 11 is 6.21. The summed E-state index contributed by atoms with van der Waals surface area (Å²) in [6, 6.07) is 9.62. The van der Waals surface area contributed by atoms with Gasteiger partial charge in [-0.1, -0.05) is 17.7 Å². The number of halogens is 1. The van der Waals surface area contributed by atoms with E-state index in [0.29, 0.717) is 17.1 Å². The summed E-state index contributed by atoms with van der Waals surface area (Å²) in [4.78, 5) is 0. The number of nitrogens with zero attached hydrogens (tertiary/aromatic N) is 2. The molecule has 4 heteroatoms. The Kier molecular flexibility index (Phi) is 4.72. The van der Waals surface area contributed by atoms with E-state index in [1.54, 1.807) is 12.1 Å². The van der Waals surface area contributed by atoms with Crippen molar-refractivity contribution >= 4 is 11.6 Å². The molecule has 0 amide bonds. The van der Waals surface area contributed by atoms with Gasteiger partial charge < -0.3 is 9.88 Å². The largest absolute Gasteiger partial charge is 0.350 e. The Morgan fingerprint density at radius 2 is 2.05 bits per heavy atom. The van der Waals surface area contributed by atoms with Crippen molar-refractivity contribution in [1.29, 1.82) is 5.26 Å². The summed E-state index contributed by atoms with van der Waals surface area (Å²) in [7, 11) is 0. The van der Waals surface area contributed by atoms with Crippen LogP contribution in [-0.2, 0) is 13.1 Å². The lowest BCUT2D eigenvalue weighted by molar-refractivity contribution is 0.424. The van der Waals surface area contributed by atoms with E-state index in [1.807, 2.05) is 12.3 Å². The van der Waals surface area contributed by atoms with Gasteiger partial charge in [-0.15, -0.1) is 0 Å². The first-order valence-electron chi connectivity index (χ1n) is 6.95. The summed E-state index contributed by atoms with van der Waals surface area (Å²) in [5.74, 6) is 0. The zero-order valence-electron chi connectivity index (χ0n) is 12.7. The zero-order chi connectivity index (χ0) is 15.5. The summed E-state index contributed by atoms with van der Waals surface area (Å²) in [5, 5.41) is 13.0. The Hall–Kier alpha value is -1.76. The first-order valence-corrected chi connectivity index (χ1v) is 7.33. The number of benzene rings is 1. The molecule has 0 bridgehead atoms. The van der Waals surface area contributed by atoms with Crippen LogP contribution < -0.4 is 5.32 Å². The Morgan fingerprint density at radius 3 is 2.67 bits per heavy atom. The number of hydrogen-bond donors (Lipinski definition) is 1. The molecule has 0 unspecified atom stereocenters. The van der Waals surface area contributed by atoms with Crippen molar-refractivity contribution in [2.24, 2.45) is 0 Å². The fraction of sp³-hybridized carbons (Fsp3) is 0.353. The van der Waals surface area contributed by atoms with Gasteiger partial charge in [0.25, 0.3) is 0 Å². The zero-order valence-corrected chi connectivity index (χ0v) is 13.4. The van der Waals surface area contributed by atoms with E-state index in [2.05, 4.69) is 49.0 Å². The lowest BCUT2D eigenvalue weighted by atomic mass is 10.1. The molecule has 2 rings (SSSR count). The highest BCUT2D eigenvalue weighted by atomic mass is 35.5. The van der Waals surface area contributed by atoms with Crippen molar-refractivity contribution in [3.8, 4) is 6.07 Å². The molecule has 1 heterocycles. The van der Waals surface area contributed by atoms with Crippen LogP contribution in [-0.4, -0.2) is 10.1 Å².